The standard InChI is InChI=1S/C27H31F3N4O7S2/c1-19-18-21(43(39,40)31-13-4-5-16-35)9-8-20(19)10-17-42(37,38)34-14-11-26(12-15-34)25(36)32-24(33-26)22-6-2-3-7-23(22)41-27(28,29)30/h2-3,6-10,17-18,31,35H,4-5,11-16H2,1H3,(H,32,33,36). The summed E-state index contributed by atoms with van der Waals surface area (Å²) in [6, 6.07) is 9.56. The predicted molar refractivity (Wildman–Crippen MR) is 152 cm³/mol. The first-order valence-corrected chi connectivity index (χ1v) is 16.3. The van der Waals surface area contributed by atoms with Crippen LogP contribution in [0.15, 0.2) is 57.8 Å². The van der Waals surface area contributed by atoms with Crippen molar-refractivity contribution in [2.24, 2.45) is 4.99 Å². The van der Waals surface area contributed by atoms with E-state index < -0.39 is 43.6 Å². The molecule has 16 heteroatoms. The number of alkyl halides is 3. The van der Waals surface area contributed by atoms with E-state index in [0.29, 0.717) is 24.0 Å². The van der Waals surface area contributed by atoms with Gasteiger partial charge in [0, 0.05) is 31.6 Å². The Kier molecular flexibility index (Phi) is 9.66. The number of piperidine rings is 1. The summed E-state index contributed by atoms with van der Waals surface area (Å²) in [7, 11) is -7.70. The number of hydrogen-bond donors (Lipinski definition) is 3. The highest BCUT2D eigenvalue weighted by Gasteiger charge is 2.48. The highest BCUT2D eigenvalue weighted by molar-refractivity contribution is 7.92. The molecule has 2 aromatic rings. The summed E-state index contributed by atoms with van der Waals surface area (Å²) in [6.45, 7) is 1.67. The molecule has 0 atom stereocenters. The third-order valence-corrected chi connectivity index (χ3v) is 10.1. The van der Waals surface area contributed by atoms with Gasteiger partial charge in [0.1, 0.15) is 17.1 Å². The zero-order valence-electron chi connectivity index (χ0n) is 23.1. The van der Waals surface area contributed by atoms with E-state index in [2.05, 4.69) is 19.8 Å². The fourth-order valence-electron chi connectivity index (χ4n) is 4.74. The number of para-hydroxylation sites is 1. The molecule has 234 valence electrons. The van der Waals surface area contributed by atoms with E-state index in [0.717, 1.165) is 11.5 Å². The highest BCUT2D eigenvalue weighted by Crippen LogP contribution is 2.34. The van der Waals surface area contributed by atoms with Crippen molar-refractivity contribution in [3.8, 4) is 5.75 Å². The van der Waals surface area contributed by atoms with Gasteiger partial charge in [-0.15, -0.1) is 13.2 Å². The Labute approximate surface area is 247 Å². The topological polar surface area (TPSA) is 154 Å². The zero-order chi connectivity index (χ0) is 31.5. The lowest BCUT2D eigenvalue weighted by atomic mass is 9.89. The molecule has 3 N–H and O–H groups in total. The molecule has 2 heterocycles. The maximum Gasteiger partial charge on any atom is 0.573 e. The minimum absolute atomic E-state index is 0.00852. The van der Waals surface area contributed by atoms with Gasteiger partial charge in [0.25, 0.3) is 5.91 Å². The predicted octanol–water partition coefficient (Wildman–Crippen LogP) is 2.66. The fourth-order valence-corrected chi connectivity index (χ4v) is 7.09. The lowest BCUT2D eigenvalue weighted by molar-refractivity contribution is -0.274. The molecule has 0 aliphatic carbocycles. The first-order chi connectivity index (χ1) is 20.2. The van der Waals surface area contributed by atoms with Crippen molar-refractivity contribution >= 4 is 37.9 Å². The lowest BCUT2D eigenvalue weighted by Crippen LogP contribution is -2.50. The van der Waals surface area contributed by atoms with Crippen molar-refractivity contribution in [3.63, 3.8) is 0 Å². The van der Waals surface area contributed by atoms with E-state index in [9.17, 15) is 34.8 Å². The van der Waals surface area contributed by atoms with Gasteiger partial charge in [-0.25, -0.2) is 21.6 Å². The number of ether oxygens (including phenoxy) is 1. The molecular formula is C27H31F3N4O7S2. The summed E-state index contributed by atoms with van der Waals surface area (Å²) in [6.07, 6.45) is -2.62. The molecule has 1 fully saturated rings. The number of hydrogen-bond acceptors (Lipinski definition) is 8. The molecule has 0 saturated carbocycles. The minimum Gasteiger partial charge on any atom is -0.405 e. The van der Waals surface area contributed by atoms with Crippen molar-refractivity contribution in [2.75, 3.05) is 26.2 Å². The number of amides is 1. The van der Waals surface area contributed by atoms with Gasteiger partial charge in [-0.2, -0.15) is 4.31 Å². The number of unbranched alkanes of at least 4 members (excludes halogenated alkanes) is 1. The summed E-state index contributed by atoms with van der Waals surface area (Å²) in [5, 5.41) is 12.4. The summed E-state index contributed by atoms with van der Waals surface area (Å²) >= 11 is 0. The molecule has 4 rings (SSSR count). The van der Waals surface area contributed by atoms with Crippen LogP contribution >= 0.6 is 0 Å². The second kappa shape index (κ2) is 12.7. The van der Waals surface area contributed by atoms with E-state index in [1.165, 1.54) is 46.8 Å². The van der Waals surface area contributed by atoms with E-state index in [4.69, 9.17) is 5.11 Å². The van der Waals surface area contributed by atoms with Crippen molar-refractivity contribution in [2.45, 2.75) is 49.4 Å². The Hall–Kier alpha value is -3.31. The van der Waals surface area contributed by atoms with Gasteiger partial charge in [-0.3, -0.25) is 9.79 Å². The van der Waals surface area contributed by atoms with Crippen LogP contribution in [0.4, 0.5) is 13.2 Å². The fraction of sp³-hybridized carbons (Fsp3) is 0.407. The van der Waals surface area contributed by atoms with Gasteiger partial charge in [-0.05, 0) is 74.1 Å². The smallest absolute Gasteiger partial charge is 0.405 e. The number of nitrogens with zero attached hydrogens (tertiary/aromatic N) is 2. The number of carbonyl (C=O) groups excluding carboxylic acids is 1. The molecule has 0 aromatic heterocycles. The van der Waals surface area contributed by atoms with Crippen LogP contribution < -0.4 is 14.8 Å². The average Bonchev–Trinajstić information content (AvgIpc) is 3.24. The van der Waals surface area contributed by atoms with Gasteiger partial charge in [0.05, 0.1) is 10.5 Å². The Bertz CT molecular complexity index is 1630. The van der Waals surface area contributed by atoms with Gasteiger partial charge in [-0.1, -0.05) is 18.2 Å². The number of halogens is 3. The number of amidine groups is 1. The van der Waals surface area contributed by atoms with E-state index in [-0.39, 0.29) is 55.4 Å². The monoisotopic (exact) mass is 644 g/mol. The van der Waals surface area contributed by atoms with Gasteiger partial charge in [0.15, 0.2) is 0 Å². The summed E-state index contributed by atoms with van der Waals surface area (Å²) in [4.78, 5) is 17.3. The molecule has 1 saturated heterocycles. The van der Waals surface area contributed by atoms with E-state index in [1.807, 2.05) is 0 Å². The zero-order valence-corrected chi connectivity index (χ0v) is 24.7. The quantitative estimate of drug-likeness (QED) is 0.318. The summed E-state index contributed by atoms with van der Waals surface area (Å²) in [5.41, 5.74) is -0.364. The second-order valence-electron chi connectivity index (χ2n) is 10.1. The number of sulfonamides is 2. The Morgan fingerprint density at radius 1 is 1.12 bits per heavy atom. The number of aliphatic imine (C=N–C) groups is 1. The van der Waals surface area contributed by atoms with Gasteiger partial charge >= 0.3 is 6.36 Å². The van der Waals surface area contributed by atoms with Crippen LogP contribution in [-0.4, -0.2) is 76.1 Å². The van der Waals surface area contributed by atoms with Crippen molar-refractivity contribution in [3.05, 3.63) is 64.6 Å². The first-order valence-electron chi connectivity index (χ1n) is 13.3. The number of nitrogens with one attached hydrogen (secondary N) is 2. The number of aliphatic hydroxyl groups is 1. The maximum absolute atomic E-state index is 13.1. The first kappa shape index (κ1) is 32.6. The third-order valence-electron chi connectivity index (χ3n) is 7.11. The maximum atomic E-state index is 13.1. The van der Waals surface area contributed by atoms with Crippen LogP contribution in [0.3, 0.4) is 0 Å². The molecule has 0 bridgehead atoms. The Morgan fingerprint density at radius 3 is 2.47 bits per heavy atom. The summed E-state index contributed by atoms with van der Waals surface area (Å²) in [5.74, 6) is -1.14. The van der Waals surface area contributed by atoms with E-state index in [1.54, 1.807) is 6.92 Å². The van der Waals surface area contributed by atoms with Crippen LogP contribution in [0, 0.1) is 6.92 Å². The number of benzene rings is 2. The van der Waals surface area contributed by atoms with E-state index >= 15 is 0 Å². The number of aliphatic hydroxyl groups excluding tert-OH is 1. The molecule has 2 aromatic carbocycles. The normalized spacial score (nSPS) is 17.8. The number of rotatable bonds is 11. The lowest BCUT2D eigenvalue weighted by Gasteiger charge is -2.34. The molecule has 11 nitrogen and oxygen atoms in total. The van der Waals surface area contributed by atoms with Crippen LogP contribution in [0.1, 0.15) is 42.4 Å². The highest BCUT2D eigenvalue weighted by atomic mass is 32.2. The SMILES string of the molecule is Cc1cc(S(=O)(=O)NCCCCO)ccc1C=CS(=O)(=O)N1CCC2(CC1)N=C(c1ccccc1OC(F)(F)F)NC2=O. The van der Waals surface area contributed by atoms with Crippen LogP contribution in [-0.2, 0) is 24.8 Å². The number of carbonyl (C=O) groups is 1. The van der Waals surface area contributed by atoms with Gasteiger partial charge < -0.3 is 15.2 Å². The Balaban J connectivity index is 1.43. The van der Waals surface area contributed by atoms with Gasteiger partial charge in [0.2, 0.25) is 20.0 Å². The molecule has 1 spiro atoms. The second-order valence-corrected chi connectivity index (χ2v) is 13.7. The Morgan fingerprint density at radius 2 is 1.81 bits per heavy atom. The molecule has 2 aliphatic rings. The molecular weight excluding hydrogens is 613 g/mol. The van der Waals surface area contributed by atoms with Crippen LogP contribution in [0.2, 0.25) is 0 Å². The van der Waals surface area contributed by atoms with Crippen molar-refractivity contribution in [1.29, 1.82) is 0 Å². The van der Waals surface area contributed by atoms with Crippen LogP contribution in [0.5, 0.6) is 5.75 Å². The van der Waals surface area contributed by atoms with Crippen molar-refractivity contribution in [1.82, 2.24) is 14.3 Å². The van der Waals surface area contributed by atoms with Crippen molar-refractivity contribution < 1.29 is 44.6 Å². The van der Waals surface area contributed by atoms with Crippen LogP contribution in [0.25, 0.3) is 6.08 Å². The average molecular weight is 645 g/mol. The third kappa shape index (κ3) is 7.80. The molecule has 0 unspecified atom stereocenters. The molecule has 2 aliphatic heterocycles. The largest absolute Gasteiger partial charge is 0.573 e. The number of aryl methyl sites for hydroxylation is 1. The molecule has 43 heavy (non-hydrogen) atoms. The minimum atomic E-state index is -4.94. The summed E-state index contributed by atoms with van der Waals surface area (Å²) < 4.78 is 97.4. The molecule has 0 radical (unpaired) electrons. The molecule has 1 amide bonds.